The van der Waals surface area contributed by atoms with Gasteiger partial charge < -0.3 is 10.1 Å². The maximum Gasteiger partial charge on any atom is 0.0645 e. The Bertz CT molecular complexity index is 173. The van der Waals surface area contributed by atoms with Gasteiger partial charge in [-0.3, -0.25) is 0 Å². The third-order valence-electron chi connectivity index (χ3n) is 3.12. The molecule has 14 heavy (non-hydrogen) atoms. The molecule has 2 fully saturated rings. The Morgan fingerprint density at radius 3 is 2.43 bits per heavy atom. The van der Waals surface area contributed by atoms with Crippen LogP contribution in [0.1, 0.15) is 25.7 Å². The van der Waals surface area contributed by atoms with Gasteiger partial charge >= 0.3 is 0 Å². The van der Waals surface area contributed by atoms with Crippen LogP contribution in [0.4, 0.5) is 0 Å². The highest BCUT2D eigenvalue weighted by molar-refractivity contribution is 4.96. The first-order chi connectivity index (χ1) is 6.92. The van der Waals surface area contributed by atoms with Gasteiger partial charge in [0.05, 0.1) is 13.2 Å². The molecule has 2 aliphatic rings. The fourth-order valence-corrected chi connectivity index (χ4v) is 2.09. The average Bonchev–Trinajstić information content (AvgIpc) is 3.03. The normalized spacial score (nSPS) is 21.5. The first-order valence-corrected chi connectivity index (χ1v) is 5.84. The minimum atomic E-state index is 0.680. The number of ether oxygens (including phenoxy) is 1. The highest BCUT2D eigenvalue weighted by atomic mass is 16.5. The van der Waals surface area contributed by atoms with Crippen molar-refractivity contribution in [2.45, 2.75) is 31.7 Å². The molecule has 2 saturated carbocycles. The van der Waals surface area contributed by atoms with Gasteiger partial charge in [-0.1, -0.05) is 6.08 Å². The van der Waals surface area contributed by atoms with E-state index >= 15 is 0 Å². The maximum atomic E-state index is 5.35. The molecule has 0 aromatic heterocycles. The molecule has 80 valence electrons. The van der Waals surface area contributed by atoms with E-state index in [1.54, 1.807) is 6.08 Å². The van der Waals surface area contributed by atoms with E-state index in [2.05, 4.69) is 11.9 Å². The minimum Gasteiger partial charge on any atom is -0.376 e. The Balaban J connectivity index is 1.55. The van der Waals surface area contributed by atoms with Gasteiger partial charge in [-0.05, 0) is 37.5 Å². The molecular formula is C12H21NO. The lowest BCUT2D eigenvalue weighted by molar-refractivity contribution is 0.159. The summed E-state index contributed by atoms with van der Waals surface area (Å²) in [6.07, 6.45) is 7.59. The maximum absolute atomic E-state index is 5.35. The van der Waals surface area contributed by atoms with Crippen LogP contribution in [0.15, 0.2) is 12.7 Å². The summed E-state index contributed by atoms with van der Waals surface area (Å²) in [7, 11) is 0. The van der Waals surface area contributed by atoms with Crippen molar-refractivity contribution in [3.8, 4) is 0 Å². The summed E-state index contributed by atoms with van der Waals surface area (Å²) in [5.41, 5.74) is 0. The first-order valence-electron chi connectivity index (χ1n) is 5.84. The third-order valence-corrected chi connectivity index (χ3v) is 3.12. The van der Waals surface area contributed by atoms with Crippen molar-refractivity contribution in [1.29, 1.82) is 0 Å². The number of hydrogen-bond donors (Lipinski definition) is 1. The summed E-state index contributed by atoms with van der Waals surface area (Å²) in [6, 6.07) is 0.808. The van der Waals surface area contributed by atoms with E-state index in [9.17, 15) is 0 Å². The highest BCUT2D eigenvalue weighted by Crippen LogP contribution is 2.44. The Morgan fingerprint density at radius 1 is 1.29 bits per heavy atom. The van der Waals surface area contributed by atoms with Gasteiger partial charge in [-0.25, -0.2) is 0 Å². The van der Waals surface area contributed by atoms with Crippen molar-refractivity contribution in [1.82, 2.24) is 5.32 Å². The standard InChI is InChI=1S/C12H21NO/c1-2-8-14-9-7-13-12(10-3-4-10)11-5-6-11/h2,10-13H,1,3-9H2. The van der Waals surface area contributed by atoms with Crippen molar-refractivity contribution in [3.63, 3.8) is 0 Å². The number of rotatable bonds is 8. The smallest absolute Gasteiger partial charge is 0.0645 e. The second-order valence-electron chi connectivity index (χ2n) is 4.52. The average molecular weight is 195 g/mol. The SMILES string of the molecule is C=CCOCCNC(C1CC1)C1CC1. The van der Waals surface area contributed by atoms with Gasteiger partial charge in [0.2, 0.25) is 0 Å². The van der Waals surface area contributed by atoms with Gasteiger partial charge in [0.25, 0.3) is 0 Å². The Kier molecular flexibility index (Phi) is 3.60. The quantitative estimate of drug-likeness (QED) is 0.472. The topological polar surface area (TPSA) is 21.3 Å². The third kappa shape index (κ3) is 3.10. The summed E-state index contributed by atoms with van der Waals surface area (Å²) >= 11 is 0. The molecule has 0 unspecified atom stereocenters. The van der Waals surface area contributed by atoms with Gasteiger partial charge in [-0.2, -0.15) is 0 Å². The van der Waals surface area contributed by atoms with Crippen LogP contribution in [0.25, 0.3) is 0 Å². The molecule has 2 aliphatic carbocycles. The van der Waals surface area contributed by atoms with Crippen LogP contribution < -0.4 is 5.32 Å². The van der Waals surface area contributed by atoms with Crippen molar-refractivity contribution in [2.24, 2.45) is 11.8 Å². The monoisotopic (exact) mass is 195 g/mol. The highest BCUT2D eigenvalue weighted by Gasteiger charge is 2.40. The molecule has 0 spiro atoms. The van der Waals surface area contributed by atoms with E-state index in [1.807, 2.05) is 0 Å². The lowest BCUT2D eigenvalue weighted by atomic mass is 10.1. The lowest BCUT2D eigenvalue weighted by Crippen LogP contribution is -2.35. The summed E-state index contributed by atoms with van der Waals surface area (Å²) in [5.74, 6) is 1.98. The molecule has 0 bridgehead atoms. The van der Waals surface area contributed by atoms with Crippen LogP contribution in [0.5, 0.6) is 0 Å². The summed E-state index contributed by atoms with van der Waals surface area (Å²) < 4.78 is 5.35. The molecule has 0 saturated heterocycles. The molecule has 0 amide bonds. The zero-order valence-corrected chi connectivity index (χ0v) is 8.87. The fourth-order valence-electron chi connectivity index (χ4n) is 2.09. The van der Waals surface area contributed by atoms with Crippen LogP contribution in [0.2, 0.25) is 0 Å². The number of hydrogen-bond acceptors (Lipinski definition) is 2. The van der Waals surface area contributed by atoms with E-state index in [1.165, 1.54) is 25.7 Å². The van der Waals surface area contributed by atoms with Crippen LogP contribution >= 0.6 is 0 Å². The van der Waals surface area contributed by atoms with E-state index in [0.717, 1.165) is 31.0 Å². The predicted octanol–water partition coefficient (Wildman–Crippen LogP) is 1.97. The van der Waals surface area contributed by atoms with Crippen molar-refractivity contribution in [2.75, 3.05) is 19.8 Å². The largest absolute Gasteiger partial charge is 0.376 e. The fraction of sp³-hybridized carbons (Fsp3) is 0.833. The van der Waals surface area contributed by atoms with Gasteiger partial charge in [-0.15, -0.1) is 6.58 Å². The molecule has 2 heteroatoms. The molecule has 0 aromatic rings. The van der Waals surface area contributed by atoms with Crippen LogP contribution in [-0.2, 0) is 4.74 Å². The first kappa shape index (κ1) is 10.2. The molecule has 0 aliphatic heterocycles. The van der Waals surface area contributed by atoms with E-state index in [-0.39, 0.29) is 0 Å². The van der Waals surface area contributed by atoms with Crippen molar-refractivity contribution < 1.29 is 4.74 Å². The molecule has 1 N–H and O–H groups in total. The summed E-state index contributed by atoms with van der Waals surface area (Å²) in [5, 5.41) is 3.64. The summed E-state index contributed by atoms with van der Waals surface area (Å²) in [6.45, 7) is 6.13. The van der Waals surface area contributed by atoms with Gasteiger partial charge in [0.1, 0.15) is 0 Å². The molecule has 2 nitrogen and oxygen atoms in total. The minimum absolute atomic E-state index is 0.680. The van der Waals surface area contributed by atoms with E-state index < -0.39 is 0 Å². The van der Waals surface area contributed by atoms with Crippen LogP contribution in [0.3, 0.4) is 0 Å². The van der Waals surface area contributed by atoms with Crippen molar-refractivity contribution >= 4 is 0 Å². The van der Waals surface area contributed by atoms with E-state index in [4.69, 9.17) is 4.74 Å². The Hall–Kier alpha value is -0.340. The molecule has 0 aromatic carbocycles. The van der Waals surface area contributed by atoms with Gasteiger partial charge in [0.15, 0.2) is 0 Å². The second-order valence-corrected chi connectivity index (χ2v) is 4.52. The summed E-state index contributed by atoms with van der Waals surface area (Å²) in [4.78, 5) is 0. The Labute approximate surface area is 86.7 Å². The van der Waals surface area contributed by atoms with E-state index in [0.29, 0.717) is 6.61 Å². The molecule has 0 atom stereocenters. The molecule has 0 heterocycles. The zero-order valence-electron chi connectivity index (χ0n) is 8.87. The second kappa shape index (κ2) is 4.94. The van der Waals surface area contributed by atoms with Crippen molar-refractivity contribution in [3.05, 3.63) is 12.7 Å². The molecule has 0 radical (unpaired) electrons. The lowest BCUT2D eigenvalue weighted by Gasteiger charge is -2.17. The van der Waals surface area contributed by atoms with Gasteiger partial charge in [0, 0.05) is 12.6 Å². The Morgan fingerprint density at radius 2 is 1.93 bits per heavy atom. The van der Waals surface area contributed by atoms with Crippen LogP contribution in [0, 0.1) is 11.8 Å². The predicted molar refractivity (Wildman–Crippen MR) is 58.3 cm³/mol. The molecular weight excluding hydrogens is 174 g/mol. The molecule has 2 rings (SSSR count). The number of nitrogens with one attached hydrogen (secondary N) is 1. The zero-order chi connectivity index (χ0) is 9.80. The van der Waals surface area contributed by atoms with Crippen LogP contribution in [-0.4, -0.2) is 25.8 Å².